The molecule has 0 unspecified atom stereocenters. The monoisotopic (exact) mass is 312 g/mol. The molecule has 6 nitrogen and oxygen atoms in total. The molecule has 21 heavy (non-hydrogen) atoms. The van der Waals surface area contributed by atoms with Crippen LogP contribution < -0.4 is 5.32 Å². The van der Waals surface area contributed by atoms with Gasteiger partial charge in [-0.05, 0) is 31.2 Å². The van der Waals surface area contributed by atoms with Gasteiger partial charge in [-0.25, -0.2) is 4.79 Å². The number of hydrogen-bond acceptors (Lipinski definition) is 4. The number of anilines is 1. The van der Waals surface area contributed by atoms with Crippen LogP contribution in [0, 0.1) is 16.0 Å². The number of amides is 1. The van der Waals surface area contributed by atoms with Gasteiger partial charge in [0, 0.05) is 12.1 Å². The summed E-state index contributed by atoms with van der Waals surface area (Å²) in [5.74, 6) is 0.344. The Labute approximate surface area is 127 Å². The van der Waals surface area contributed by atoms with Crippen molar-refractivity contribution < 1.29 is 14.5 Å². The average Bonchev–Trinajstić information content (AvgIpc) is 2.43. The third-order valence-corrected chi connectivity index (χ3v) is 4.00. The molecule has 0 saturated heterocycles. The lowest BCUT2D eigenvalue weighted by molar-refractivity contribution is -0.384. The largest absolute Gasteiger partial charge is 0.446 e. The van der Waals surface area contributed by atoms with Gasteiger partial charge in [0.05, 0.1) is 15.6 Å². The van der Waals surface area contributed by atoms with Crippen LogP contribution in [0.25, 0.3) is 0 Å². The summed E-state index contributed by atoms with van der Waals surface area (Å²) < 4.78 is 5.40. The van der Waals surface area contributed by atoms with Gasteiger partial charge in [0.25, 0.3) is 5.69 Å². The summed E-state index contributed by atoms with van der Waals surface area (Å²) in [5.41, 5.74) is 0.176. The minimum atomic E-state index is -0.579. The Morgan fingerprint density at radius 2 is 2.14 bits per heavy atom. The van der Waals surface area contributed by atoms with Crippen LogP contribution in [0.2, 0.25) is 5.02 Å². The van der Waals surface area contributed by atoms with E-state index in [1.54, 1.807) is 0 Å². The molecule has 0 bridgehead atoms. The lowest BCUT2D eigenvalue weighted by Crippen LogP contribution is -2.30. The third kappa shape index (κ3) is 4.07. The molecule has 0 spiro atoms. The number of nitrogens with zero attached hydrogens (tertiary/aromatic N) is 1. The number of carbonyl (C=O) groups excluding carboxylic acids is 1. The highest BCUT2D eigenvalue weighted by Gasteiger charge is 2.25. The second-order valence-corrected chi connectivity index (χ2v) is 5.66. The molecule has 7 heteroatoms. The van der Waals surface area contributed by atoms with Crippen LogP contribution in [0.1, 0.15) is 32.6 Å². The number of carbonyl (C=O) groups is 1. The van der Waals surface area contributed by atoms with E-state index in [-0.39, 0.29) is 16.8 Å². The topological polar surface area (TPSA) is 81.5 Å². The zero-order valence-electron chi connectivity index (χ0n) is 11.7. The Morgan fingerprint density at radius 1 is 1.43 bits per heavy atom. The maximum absolute atomic E-state index is 11.9. The predicted octanol–water partition coefficient (Wildman–Crippen LogP) is 4.38. The van der Waals surface area contributed by atoms with E-state index in [0.29, 0.717) is 11.6 Å². The van der Waals surface area contributed by atoms with Gasteiger partial charge >= 0.3 is 6.09 Å². The molecule has 2 rings (SSSR count). The zero-order valence-corrected chi connectivity index (χ0v) is 12.4. The van der Waals surface area contributed by atoms with Crippen molar-refractivity contribution in [1.29, 1.82) is 0 Å². The molecule has 0 aromatic heterocycles. The lowest BCUT2D eigenvalue weighted by atomic mass is 9.88. The molecule has 0 heterocycles. The molecule has 1 aromatic carbocycles. The van der Waals surface area contributed by atoms with Crippen LogP contribution in [0.15, 0.2) is 18.2 Å². The summed E-state index contributed by atoms with van der Waals surface area (Å²) in [6.45, 7) is 2.07. The van der Waals surface area contributed by atoms with Gasteiger partial charge in [-0.15, -0.1) is 0 Å². The molecule has 2 atom stereocenters. The highest BCUT2D eigenvalue weighted by Crippen LogP contribution is 2.29. The van der Waals surface area contributed by atoms with Crippen molar-refractivity contribution in [3.8, 4) is 0 Å². The normalized spacial score (nSPS) is 21.6. The molecule has 1 fully saturated rings. The number of rotatable bonds is 3. The second-order valence-electron chi connectivity index (χ2n) is 5.25. The smallest absolute Gasteiger partial charge is 0.411 e. The Hall–Kier alpha value is -1.82. The van der Waals surface area contributed by atoms with Gasteiger partial charge in [-0.3, -0.25) is 15.4 Å². The summed E-state index contributed by atoms with van der Waals surface area (Å²) in [4.78, 5) is 21.9. The van der Waals surface area contributed by atoms with Crippen molar-refractivity contribution in [2.24, 2.45) is 5.92 Å². The highest BCUT2D eigenvalue weighted by atomic mass is 35.5. The van der Waals surface area contributed by atoms with Gasteiger partial charge in [0.2, 0.25) is 0 Å². The van der Waals surface area contributed by atoms with E-state index in [1.165, 1.54) is 18.2 Å². The van der Waals surface area contributed by atoms with Crippen molar-refractivity contribution in [1.82, 2.24) is 0 Å². The van der Waals surface area contributed by atoms with Crippen LogP contribution in [0.5, 0.6) is 0 Å². The molecule has 1 aliphatic carbocycles. The van der Waals surface area contributed by atoms with Crippen molar-refractivity contribution in [3.63, 3.8) is 0 Å². The number of nitro groups is 1. The number of hydrogen-bond donors (Lipinski definition) is 1. The Kier molecular flexibility index (Phi) is 5.01. The number of benzene rings is 1. The van der Waals surface area contributed by atoms with Gasteiger partial charge in [-0.2, -0.15) is 0 Å². The van der Waals surface area contributed by atoms with Gasteiger partial charge in [-0.1, -0.05) is 24.9 Å². The van der Waals surface area contributed by atoms with E-state index in [2.05, 4.69) is 12.2 Å². The third-order valence-electron chi connectivity index (χ3n) is 3.69. The number of non-ortho nitro benzene ring substituents is 1. The molecule has 0 aliphatic heterocycles. The van der Waals surface area contributed by atoms with Crippen LogP contribution in [0.3, 0.4) is 0 Å². The van der Waals surface area contributed by atoms with Crippen molar-refractivity contribution in [3.05, 3.63) is 33.3 Å². The minimum absolute atomic E-state index is 0.0874. The van der Waals surface area contributed by atoms with Gasteiger partial charge in [0.1, 0.15) is 6.10 Å². The summed E-state index contributed by atoms with van der Waals surface area (Å²) in [7, 11) is 0. The second kappa shape index (κ2) is 6.76. The summed E-state index contributed by atoms with van der Waals surface area (Å²) in [6.07, 6.45) is 3.47. The number of nitro benzene ring substituents is 1. The Bertz CT molecular complexity index is 550. The first kappa shape index (κ1) is 15.6. The fourth-order valence-electron chi connectivity index (χ4n) is 2.45. The molecule has 1 amide bonds. The van der Waals surface area contributed by atoms with E-state index in [0.717, 1.165) is 25.7 Å². The summed E-state index contributed by atoms with van der Waals surface area (Å²) in [5, 5.41) is 13.3. The quantitative estimate of drug-likeness (QED) is 0.663. The van der Waals surface area contributed by atoms with E-state index >= 15 is 0 Å². The first-order valence-electron chi connectivity index (χ1n) is 6.89. The fourth-order valence-corrected chi connectivity index (χ4v) is 2.68. The summed E-state index contributed by atoms with van der Waals surface area (Å²) in [6, 6.07) is 3.87. The Balaban J connectivity index is 1.97. The van der Waals surface area contributed by atoms with Crippen LogP contribution in [-0.2, 0) is 4.74 Å². The molecule has 1 N–H and O–H groups in total. The van der Waals surface area contributed by atoms with E-state index < -0.39 is 11.0 Å². The maximum Gasteiger partial charge on any atom is 0.411 e. The number of ether oxygens (including phenoxy) is 1. The maximum atomic E-state index is 11.9. The van der Waals surface area contributed by atoms with Gasteiger partial charge < -0.3 is 4.74 Å². The number of nitrogens with one attached hydrogen (secondary N) is 1. The minimum Gasteiger partial charge on any atom is -0.446 e. The predicted molar refractivity (Wildman–Crippen MR) is 79.6 cm³/mol. The van der Waals surface area contributed by atoms with Crippen LogP contribution >= 0.6 is 11.6 Å². The van der Waals surface area contributed by atoms with E-state index in [4.69, 9.17) is 16.3 Å². The number of halogens is 1. The molecule has 0 radical (unpaired) electrons. The molecule has 1 aromatic rings. The summed E-state index contributed by atoms with van der Waals surface area (Å²) >= 11 is 5.91. The molecule has 1 saturated carbocycles. The Morgan fingerprint density at radius 3 is 2.76 bits per heavy atom. The van der Waals surface area contributed by atoms with Crippen LogP contribution in [0.4, 0.5) is 16.2 Å². The lowest BCUT2D eigenvalue weighted by Gasteiger charge is -2.28. The molecular weight excluding hydrogens is 296 g/mol. The molecule has 114 valence electrons. The van der Waals surface area contributed by atoms with Crippen molar-refractivity contribution >= 4 is 29.1 Å². The first-order valence-corrected chi connectivity index (χ1v) is 7.26. The van der Waals surface area contributed by atoms with Crippen LogP contribution in [-0.4, -0.2) is 17.1 Å². The first-order chi connectivity index (χ1) is 9.97. The highest BCUT2D eigenvalue weighted by molar-refractivity contribution is 6.33. The average molecular weight is 313 g/mol. The SMILES string of the molecule is C[C@H]1CCCC[C@H]1OC(=O)Nc1ccc([N+](=O)[O-])cc1Cl. The molecule has 1 aliphatic rings. The van der Waals surface area contributed by atoms with E-state index in [9.17, 15) is 14.9 Å². The fraction of sp³-hybridized carbons (Fsp3) is 0.500. The zero-order chi connectivity index (χ0) is 15.4. The van der Waals surface area contributed by atoms with Crippen molar-refractivity contribution in [2.75, 3.05) is 5.32 Å². The standard InChI is InChI=1S/C14H17ClN2O4/c1-9-4-2-3-5-13(9)21-14(18)16-12-7-6-10(17(19)20)8-11(12)15/h6-9,13H,2-5H2,1H3,(H,16,18)/t9-,13+/m0/s1. The van der Waals surface area contributed by atoms with Gasteiger partial charge in [0.15, 0.2) is 0 Å². The van der Waals surface area contributed by atoms with Crippen molar-refractivity contribution in [2.45, 2.75) is 38.7 Å². The molecular formula is C14H17ClN2O4. The van der Waals surface area contributed by atoms with E-state index in [1.807, 2.05) is 0 Å².